The molecule has 0 aliphatic carbocycles. The predicted octanol–water partition coefficient (Wildman–Crippen LogP) is 0.466. The molecule has 0 aromatic heterocycles. The number of Topliss-reactive ketones (excluding diaryl/α,β-unsaturated/α-hetero) is 1. The number of amides is 3. The molecule has 0 bridgehead atoms. The summed E-state index contributed by atoms with van der Waals surface area (Å²) < 4.78 is 0. The molecular weight excluding hydrogens is 334 g/mol. The van der Waals surface area contributed by atoms with Gasteiger partial charge in [0.25, 0.3) is 11.8 Å². The summed E-state index contributed by atoms with van der Waals surface area (Å²) in [6, 6.07) is 9.01. The Morgan fingerprint density at radius 1 is 0.962 bits per heavy atom. The molecule has 1 heterocycles. The van der Waals surface area contributed by atoms with Crippen LogP contribution in [-0.4, -0.2) is 40.5 Å². The molecule has 0 radical (unpaired) electrons. The molecule has 2 rings (SSSR count). The molecule has 138 valence electrons. The van der Waals surface area contributed by atoms with Crippen molar-refractivity contribution in [3.63, 3.8) is 0 Å². The highest BCUT2D eigenvalue weighted by Crippen LogP contribution is 2.16. The zero-order valence-corrected chi connectivity index (χ0v) is 14.5. The maximum absolute atomic E-state index is 12.5. The van der Waals surface area contributed by atoms with Crippen molar-refractivity contribution >= 4 is 23.5 Å². The van der Waals surface area contributed by atoms with E-state index in [-0.39, 0.29) is 24.7 Å². The highest BCUT2D eigenvalue weighted by Gasteiger charge is 2.39. The van der Waals surface area contributed by atoms with Crippen LogP contribution in [0.4, 0.5) is 0 Å². The van der Waals surface area contributed by atoms with Crippen molar-refractivity contribution in [3.05, 3.63) is 48.0 Å². The van der Waals surface area contributed by atoms with Crippen molar-refractivity contribution in [1.82, 2.24) is 4.90 Å². The molecule has 0 fully saturated rings. The van der Waals surface area contributed by atoms with Gasteiger partial charge in [-0.15, -0.1) is 0 Å². The van der Waals surface area contributed by atoms with Crippen LogP contribution in [0.15, 0.2) is 42.5 Å². The van der Waals surface area contributed by atoms with Gasteiger partial charge in [0.15, 0.2) is 11.3 Å². The lowest BCUT2D eigenvalue weighted by molar-refractivity contribution is -0.137. The SMILES string of the molecule is NC(=O)[C@@](N)(Cc1ccccc1)C(=O)CCCCCN1C(=O)C=CC1=O. The van der Waals surface area contributed by atoms with Gasteiger partial charge in [0.1, 0.15) is 0 Å². The van der Waals surface area contributed by atoms with Crippen LogP contribution in [0.5, 0.6) is 0 Å². The molecule has 7 heteroatoms. The lowest BCUT2D eigenvalue weighted by Gasteiger charge is -2.24. The molecule has 26 heavy (non-hydrogen) atoms. The Morgan fingerprint density at radius 3 is 2.15 bits per heavy atom. The van der Waals surface area contributed by atoms with E-state index < -0.39 is 17.2 Å². The maximum atomic E-state index is 12.5. The van der Waals surface area contributed by atoms with E-state index in [1.165, 1.54) is 12.2 Å². The fraction of sp³-hybridized carbons (Fsp3) is 0.368. The van der Waals surface area contributed by atoms with Crippen LogP contribution < -0.4 is 11.5 Å². The monoisotopic (exact) mass is 357 g/mol. The number of benzene rings is 1. The molecule has 1 aliphatic heterocycles. The number of carbonyl (C=O) groups is 4. The molecule has 1 aromatic carbocycles. The van der Waals surface area contributed by atoms with Crippen molar-refractivity contribution < 1.29 is 19.2 Å². The summed E-state index contributed by atoms with van der Waals surface area (Å²) in [5, 5.41) is 0. The van der Waals surface area contributed by atoms with Gasteiger partial charge >= 0.3 is 0 Å². The Bertz CT molecular complexity index is 712. The molecular formula is C19H23N3O4. The van der Waals surface area contributed by atoms with E-state index in [9.17, 15) is 19.2 Å². The third-order valence-corrected chi connectivity index (χ3v) is 4.45. The molecule has 1 atom stereocenters. The average Bonchev–Trinajstić information content (AvgIpc) is 2.93. The lowest BCUT2D eigenvalue weighted by atomic mass is 9.84. The Labute approximate surface area is 152 Å². The Balaban J connectivity index is 1.81. The topological polar surface area (TPSA) is 124 Å². The van der Waals surface area contributed by atoms with Crippen molar-refractivity contribution in [2.75, 3.05) is 6.54 Å². The molecule has 1 aromatic rings. The van der Waals surface area contributed by atoms with Crippen LogP contribution in [0, 0.1) is 0 Å². The number of primary amides is 1. The number of nitrogens with two attached hydrogens (primary N) is 2. The minimum atomic E-state index is -1.73. The first kappa shape index (κ1) is 19.5. The Kier molecular flexibility index (Phi) is 6.41. The van der Waals surface area contributed by atoms with E-state index in [2.05, 4.69) is 0 Å². The summed E-state index contributed by atoms with van der Waals surface area (Å²) >= 11 is 0. The molecule has 3 amide bonds. The third kappa shape index (κ3) is 4.64. The summed E-state index contributed by atoms with van der Waals surface area (Å²) in [6.45, 7) is 0.312. The molecule has 7 nitrogen and oxygen atoms in total. The first-order valence-electron chi connectivity index (χ1n) is 8.54. The third-order valence-electron chi connectivity index (χ3n) is 4.45. The van der Waals surface area contributed by atoms with Crippen molar-refractivity contribution in [2.24, 2.45) is 11.5 Å². The van der Waals surface area contributed by atoms with Gasteiger partial charge in [0, 0.05) is 31.5 Å². The van der Waals surface area contributed by atoms with Gasteiger partial charge in [-0.25, -0.2) is 0 Å². The number of carbonyl (C=O) groups excluding carboxylic acids is 4. The van der Waals surface area contributed by atoms with Gasteiger partial charge < -0.3 is 11.5 Å². The fourth-order valence-electron chi connectivity index (χ4n) is 2.85. The van der Waals surface area contributed by atoms with Crippen LogP contribution in [0.1, 0.15) is 31.2 Å². The van der Waals surface area contributed by atoms with E-state index in [1.807, 2.05) is 6.07 Å². The van der Waals surface area contributed by atoms with Crippen molar-refractivity contribution in [3.8, 4) is 0 Å². The molecule has 1 aliphatic rings. The predicted molar refractivity (Wildman–Crippen MR) is 95.6 cm³/mol. The van der Waals surface area contributed by atoms with E-state index >= 15 is 0 Å². The molecule has 0 unspecified atom stereocenters. The number of ketones is 1. The van der Waals surface area contributed by atoms with E-state index in [1.54, 1.807) is 24.3 Å². The lowest BCUT2D eigenvalue weighted by Crippen LogP contribution is -2.59. The van der Waals surface area contributed by atoms with E-state index in [0.717, 1.165) is 10.5 Å². The molecule has 0 spiro atoms. The second-order valence-electron chi connectivity index (χ2n) is 6.39. The fourth-order valence-corrected chi connectivity index (χ4v) is 2.85. The molecule has 4 N–H and O–H groups in total. The van der Waals surface area contributed by atoms with Crippen LogP contribution >= 0.6 is 0 Å². The number of nitrogens with zero attached hydrogens (tertiary/aromatic N) is 1. The highest BCUT2D eigenvalue weighted by molar-refractivity contribution is 6.12. The van der Waals surface area contributed by atoms with Crippen LogP contribution in [0.2, 0.25) is 0 Å². The summed E-state index contributed by atoms with van der Waals surface area (Å²) in [6.07, 6.45) is 4.37. The van der Waals surface area contributed by atoms with E-state index in [0.29, 0.717) is 25.8 Å². The van der Waals surface area contributed by atoms with Crippen molar-refractivity contribution in [1.29, 1.82) is 0 Å². The summed E-state index contributed by atoms with van der Waals surface area (Å²) in [5.74, 6) is -1.87. The quantitative estimate of drug-likeness (QED) is 0.358. The van der Waals surface area contributed by atoms with E-state index in [4.69, 9.17) is 11.5 Å². The second-order valence-corrected chi connectivity index (χ2v) is 6.39. The largest absolute Gasteiger partial charge is 0.368 e. The average molecular weight is 357 g/mol. The number of imide groups is 1. The van der Waals surface area contributed by atoms with Crippen LogP contribution in [-0.2, 0) is 25.6 Å². The molecule has 0 saturated heterocycles. The summed E-state index contributed by atoms with van der Waals surface area (Å²) in [5.41, 5.74) is 10.5. The number of hydrogen-bond donors (Lipinski definition) is 2. The number of hydrogen-bond acceptors (Lipinski definition) is 5. The van der Waals surface area contributed by atoms with Gasteiger partial charge in [-0.3, -0.25) is 24.1 Å². The first-order valence-corrected chi connectivity index (χ1v) is 8.54. The minimum Gasteiger partial charge on any atom is -0.368 e. The molecule has 0 saturated carbocycles. The Hall–Kier alpha value is -2.80. The normalized spacial score (nSPS) is 16.0. The highest BCUT2D eigenvalue weighted by atomic mass is 16.2. The van der Waals surface area contributed by atoms with Crippen molar-refractivity contribution in [2.45, 2.75) is 37.6 Å². The van der Waals surface area contributed by atoms with Gasteiger partial charge in [-0.05, 0) is 18.4 Å². The van der Waals surface area contributed by atoms with Crippen LogP contribution in [0.3, 0.4) is 0 Å². The summed E-state index contributed by atoms with van der Waals surface area (Å²) in [7, 11) is 0. The first-order chi connectivity index (χ1) is 12.3. The maximum Gasteiger partial charge on any atom is 0.253 e. The van der Waals surface area contributed by atoms with Gasteiger partial charge in [-0.2, -0.15) is 0 Å². The Morgan fingerprint density at radius 2 is 1.58 bits per heavy atom. The van der Waals surface area contributed by atoms with Gasteiger partial charge in [0.2, 0.25) is 5.91 Å². The number of rotatable bonds is 10. The zero-order chi connectivity index (χ0) is 19.2. The van der Waals surface area contributed by atoms with Gasteiger partial charge in [-0.1, -0.05) is 36.8 Å². The smallest absolute Gasteiger partial charge is 0.253 e. The summed E-state index contributed by atoms with van der Waals surface area (Å²) in [4.78, 5) is 48.3. The van der Waals surface area contributed by atoms with Gasteiger partial charge in [0.05, 0.1) is 0 Å². The number of unbranched alkanes of at least 4 members (excludes halogenated alkanes) is 2. The minimum absolute atomic E-state index is 0.0600. The second kappa shape index (κ2) is 8.53. The van der Waals surface area contributed by atoms with Crippen LogP contribution in [0.25, 0.3) is 0 Å². The standard InChI is InChI=1S/C19H23N3O4/c20-18(26)19(21,13-14-7-3-1-4-8-14)15(23)9-5-2-6-12-22-16(24)10-11-17(22)25/h1,3-4,7-8,10-11H,2,5-6,9,12-13,21H2,(H2,20,26)/t19-/m1/s1. The zero-order valence-electron chi connectivity index (χ0n) is 14.5.